The predicted molar refractivity (Wildman–Crippen MR) is 84.7 cm³/mol. The number of aromatic nitrogens is 1. The van der Waals surface area contributed by atoms with Crippen molar-refractivity contribution < 1.29 is 0 Å². The smallest absolute Gasteiger partial charge is 0.0792 e. The SMILES string of the molecule is C/N=C/c1ccc(C2CNC[C@H](C)C2)c2cccnc12. The monoisotopic (exact) mass is 267 g/mol. The number of nitrogens with one attached hydrogen (secondary N) is 1. The number of hydrogen-bond acceptors (Lipinski definition) is 3. The Kier molecular flexibility index (Phi) is 3.79. The van der Waals surface area contributed by atoms with E-state index in [-0.39, 0.29) is 0 Å². The Morgan fingerprint density at radius 2 is 2.20 bits per heavy atom. The number of aliphatic imine (C=N–C) groups is 1. The summed E-state index contributed by atoms with van der Waals surface area (Å²) in [5.74, 6) is 1.32. The zero-order chi connectivity index (χ0) is 13.9. The maximum Gasteiger partial charge on any atom is 0.0792 e. The number of hydrogen-bond donors (Lipinski definition) is 1. The normalized spacial score (nSPS) is 23.5. The Morgan fingerprint density at radius 3 is 3.00 bits per heavy atom. The molecule has 3 rings (SSSR count). The van der Waals surface area contributed by atoms with Gasteiger partial charge in [0.15, 0.2) is 0 Å². The Bertz CT molecular complexity index is 633. The van der Waals surface area contributed by atoms with E-state index in [0.29, 0.717) is 5.92 Å². The summed E-state index contributed by atoms with van der Waals surface area (Å²) >= 11 is 0. The molecule has 0 bridgehead atoms. The van der Waals surface area contributed by atoms with Gasteiger partial charge in [0.25, 0.3) is 0 Å². The van der Waals surface area contributed by atoms with Gasteiger partial charge in [-0.25, -0.2) is 0 Å². The first kappa shape index (κ1) is 13.3. The standard InChI is InChI=1S/C17H21N3/c1-12-8-14(11-19-9-12)15-6-5-13(10-18-2)17-16(15)4-3-7-20-17/h3-7,10,12,14,19H,8-9,11H2,1-2H3/b18-10+/t12-,14?/m1/s1. The highest BCUT2D eigenvalue weighted by molar-refractivity contribution is 5.98. The van der Waals surface area contributed by atoms with Gasteiger partial charge >= 0.3 is 0 Å². The molecule has 0 spiro atoms. The van der Waals surface area contributed by atoms with Crippen molar-refractivity contribution in [1.29, 1.82) is 0 Å². The lowest BCUT2D eigenvalue weighted by Gasteiger charge is -2.29. The van der Waals surface area contributed by atoms with Crippen LogP contribution >= 0.6 is 0 Å². The molecule has 1 aromatic carbocycles. The first-order valence-corrected chi connectivity index (χ1v) is 7.30. The molecule has 20 heavy (non-hydrogen) atoms. The van der Waals surface area contributed by atoms with E-state index in [2.05, 4.69) is 40.4 Å². The molecule has 1 aromatic heterocycles. The molecule has 0 amide bonds. The van der Waals surface area contributed by atoms with Crippen LogP contribution in [0, 0.1) is 5.92 Å². The zero-order valence-corrected chi connectivity index (χ0v) is 12.1. The molecule has 0 radical (unpaired) electrons. The Hall–Kier alpha value is -1.74. The fraction of sp³-hybridized carbons (Fsp3) is 0.412. The lowest BCUT2D eigenvalue weighted by Crippen LogP contribution is -2.33. The van der Waals surface area contributed by atoms with Gasteiger partial charge in [0.2, 0.25) is 0 Å². The molecule has 1 saturated heterocycles. The van der Waals surface area contributed by atoms with Crippen molar-refractivity contribution in [2.45, 2.75) is 19.3 Å². The number of benzene rings is 1. The Balaban J connectivity index is 2.10. The van der Waals surface area contributed by atoms with Crippen molar-refractivity contribution in [3.8, 4) is 0 Å². The van der Waals surface area contributed by atoms with Crippen LogP contribution in [0.15, 0.2) is 35.5 Å². The summed E-state index contributed by atoms with van der Waals surface area (Å²) < 4.78 is 0. The summed E-state index contributed by atoms with van der Waals surface area (Å²) in [5.41, 5.74) is 3.58. The first-order valence-electron chi connectivity index (χ1n) is 7.30. The lowest BCUT2D eigenvalue weighted by molar-refractivity contribution is 0.365. The van der Waals surface area contributed by atoms with Gasteiger partial charge in [0.1, 0.15) is 0 Å². The maximum atomic E-state index is 4.56. The van der Waals surface area contributed by atoms with E-state index in [1.165, 1.54) is 17.4 Å². The molecule has 0 saturated carbocycles. The van der Waals surface area contributed by atoms with Gasteiger partial charge in [-0.15, -0.1) is 0 Å². The second-order valence-electron chi connectivity index (χ2n) is 5.73. The molecule has 3 heteroatoms. The summed E-state index contributed by atoms with van der Waals surface area (Å²) in [4.78, 5) is 8.70. The molecule has 2 aromatic rings. The fourth-order valence-corrected chi connectivity index (χ4v) is 3.21. The van der Waals surface area contributed by atoms with E-state index in [1.54, 1.807) is 7.05 Å². The minimum absolute atomic E-state index is 0.582. The minimum Gasteiger partial charge on any atom is -0.316 e. The molecule has 1 fully saturated rings. The van der Waals surface area contributed by atoms with Gasteiger partial charge in [-0.05, 0) is 36.4 Å². The van der Waals surface area contributed by atoms with Crippen molar-refractivity contribution in [1.82, 2.24) is 10.3 Å². The minimum atomic E-state index is 0.582. The Morgan fingerprint density at radius 1 is 1.30 bits per heavy atom. The van der Waals surface area contributed by atoms with E-state index < -0.39 is 0 Å². The number of fused-ring (bicyclic) bond motifs is 1. The van der Waals surface area contributed by atoms with Gasteiger partial charge in [-0.2, -0.15) is 0 Å². The number of pyridine rings is 1. The highest BCUT2D eigenvalue weighted by atomic mass is 14.9. The van der Waals surface area contributed by atoms with Crippen LogP contribution in [0.5, 0.6) is 0 Å². The average Bonchev–Trinajstić information content (AvgIpc) is 2.48. The molecule has 2 atom stereocenters. The highest BCUT2D eigenvalue weighted by Gasteiger charge is 2.22. The van der Waals surface area contributed by atoms with Crippen LogP contribution in [-0.4, -0.2) is 31.3 Å². The highest BCUT2D eigenvalue weighted by Crippen LogP contribution is 2.32. The third-order valence-electron chi connectivity index (χ3n) is 4.11. The van der Waals surface area contributed by atoms with Gasteiger partial charge in [0, 0.05) is 37.0 Å². The average molecular weight is 267 g/mol. The first-order chi connectivity index (χ1) is 9.79. The predicted octanol–water partition coefficient (Wildman–Crippen LogP) is 3.00. The van der Waals surface area contributed by atoms with Crippen LogP contribution in [0.3, 0.4) is 0 Å². The van der Waals surface area contributed by atoms with E-state index in [4.69, 9.17) is 0 Å². The van der Waals surface area contributed by atoms with Crippen molar-refractivity contribution in [2.24, 2.45) is 10.9 Å². The van der Waals surface area contributed by atoms with Crippen LogP contribution in [0.4, 0.5) is 0 Å². The van der Waals surface area contributed by atoms with Crippen LogP contribution < -0.4 is 5.32 Å². The molecule has 2 heterocycles. The molecule has 104 valence electrons. The number of nitrogens with zero attached hydrogens (tertiary/aromatic N) is 2. The molecule has 3 nitrogen and oxygen atoms in total. The molecular formula is C17H21N3. The largest absolute Gasteiger partial charge is 0.316 e. The van der Waals surface area contributed by atoms with Crippen molar-refractivity contribution in [2.75, 3.05) is 20.1 Å². The molecule has 1 N–H and O–H groups in total. The van der Waals surface area contributed by atoms with Crippen molar-refractivity contribution in [3.05, 3.63) is 41.6 Å². The Labute approximate surface area is 120 Å². The van der Waals surface area contributed by atoms with E-state index in [9.17, 15) is 0 Å². The van der Waals surface area contributed by atoms with Crippen LogP contribution in [0.25, 0.3) is 10.9 Å². The summed E-state index contributed by atoms with van der Waals surface area (Å²) in [6, 6.07) is 8.62. The lowest BCUT2D eigenvalue weighted by atomic mass is 9.84. The van der Waals surface area contributed by atoms with Gasteiger partial charge in [-0.3, -0.25) is 9.98 Å². The number of piperidine rings is 1. The topological polar surface area (TPSA) is 37.3 Å². The third kappa shape index (κ3) is 2.46. The molecule has 1 unspecified atom stereocenters. The van der Waals surface area contributed by atoms with Crippen LogP contribution in [0.1, 0.15) is 30.4 Å². The van der Waals surface area contributed by atoms with E-state index >= 15 is 0 Å². The van der Waals surface area contributed by atoms with Crippen molar-refractivity contribution >= 4 is 17.1 Å². The summed E-state index contributed by atoms with van der Waals surface area (Å²) in [7, 11) is 1.80. The second kappa shape index (κ2) is 5.71. The summed E-state index contributed by atoms with van der Waals surface area (Å²) in [6.45, 7) is 4.51. The van der Waals surface area contributed by atoms with Crippen LogP contribution in [0.2, 0.25) is 0 Å². The van der Waals surface area contributed by atoms with Crippen LogP contribution in [-0.2, 0) is 0 Å². The quantitative estimate of drug-likeness (QED) is 0.849. The van der Waals surface area contributed by atoms with Crippen molar-refractivity contribution in [3.63, 3.8) is 0 Å². The fourth-order valence-electron chi connectivity index (χ4n) is 3.21. The maximum absolute atomic E-state index is 4.56. The van der Waals surface area contributed by atoms with E-state index in [0.717, 1.165) is 30.1 Å². The molecule has 0 aliphatic carbocycles. The van der Waals surface area contributed by atoms with E-state index in [1.807, 2.05) is 18.5 Å². The van der Waals surface area contributed by atoms with Gasteiger partial charge in [0.05, 0.1) is 5.52 Å². The summed E-state index contributed by atoms with van der Waals surface area (Å²) in [6.07, 6.45) is 5.00. The van der Waals surface area contributed by atoms with Gasteiger partial charge < -0.3 is 5.32 Å². The summed E-state index contributed by atoms with van der Waals surface area (Å²) in [5, 5.41) is 4.81. The zero-order valence-electron chi connectivity index (χ0n) is 12.1. The molecule has 1 aliphatic heterocycles. The number of rotatable bonds is 2. The molecule has 1 aliphatic rings. The molecular weight excluding hydrogens is 246 g/mol. The second-order valence-corrected chi connectivity index (χ2v) is 5.73. The third-order valence-corrected chi connectivity index (χ3v) is 4.11. The van der Waals surface area contributed by atoms with Gasteiger partial charge in [-0.1, -0.05) is 25.1 Å².